The monoisotopic (exact) mass is 293 g/mol. The Morgan fingerprint density at radius 2 is 2.00 bits per heavy atom. The van der Waals surface area contributed by atoms with E-state index < -0.39 is 17.6 Å². The van der Waals surface area contributed by atoms with Crippen molar-refractivity contribution in [1.82, 2.24) is 4.98 Å². The molecule has 2 rings (SSSR count). The molecule has 0 saturated carbocycles. The van der Waals surface area contributed by atoms with E-state index >= 15 is 0 Å². The van der Waals surface area contributed by atoms with Gasteiger partial charge in [-0.05, 0) is 18.2 Å². The normalized spacial score (nSPS) is 11.0. The maximum Gasteiger partial charge on any atom is 0.437 e. The highest BCUT2D eigenvalue weighted by molar-refractivity contribution is 5.73. The number of pyridine rings is 1. The van der Waals surface area contributed by atoms with Crippen LogP contribution in [0.3, 0.4) is 0 Å². The SMILES string of the molecule is COc1cc(-c2ccc(N)cc2C#N)cnc1C(F)(F)F. The zero-order valence-corrected chi connectivity index (χ0v) is 10.9. The van der Waals surface area contributed by atoms with Gasteiger partial charge in [-0.25, -0.2) is 4.98 Å². The Bertz CT molecular complexity index is 720. The predicted octanol–water partition coefficient (Wildman–Crippen LogP) is 3.23. The number of ether oxygens (including phenoxy) is 1. The highest BCUT2D eigenvalue weighted by Crippen LogP contribution is 2.37. The van der Waals surface area contributed by atoms with Gasteiger partial charge < -0.3 is 10.5 Å². The van der Waals surface area contributed by atoms with Crippen LogP contribution in [-0.4, -0.2) is 12.1 Å². The van der Waals surface area contributed by atoms with E-state index in [-0.39, 0.29) is 5.56 Å². The minimum atomic E-state index is -4.61. The molecule has 1 heterocycles. The Balaban J connectivity index is 2.60. The molecule has 1 aromatic carbocycles. The van der Waals surface area contributed by atoms with Gasteiger partial charge in [-0.3, -0.25) is 0 Å². The number of nitrogens with two attached hydrogens (primary N) is 1. The van der Waals surface area contributed by atoms with Crippen molar-refractivity contribution < 1.29 is 17.9 Å². The van der Waals surface area contributed by atoms with Gasteiger partial charge in [0.15, 0.2) is 5.69 Å². The largest absolute Gasteiger partial charge is 0.494 e. The van der Waals surface area contributed by atoms with Crippen molar-refractivity contribution in [3.63, 3.8) is 0 Å². The number of nitriles is 1. The number of hydrogen-bond donors (Lipinski definition) is 1. The van der Waals surface area contributed by atoms with Crippen LogP contribution in [0.25, 0.3) is 11.1 Å². The summed E-state index contributed by atoms with van der Waals surface area (Å²) in [6.45, 7) is 0. The number of hydrogen-bond acceptors (Lipinski definition) is 4. The standard InChI is InChI=1S/C14H10F3N3O/c1-21-12-5-9(7-20-13(12)14(15,16)17)11-3-2-10(19)4-8(11)6-18/h2-5,7H,19H2,1H3. The minimum absolute atomic E-state index is 0.249. The van der Waals surface area contributed by atoms with Crippen molar-refractivity contribution in [1.29, 1.82) is 5.26 Å². The van der Waals surface area contributed by atoms with Crippen molar-refractivity contribution in [3.8, 4) is 22.9 Å². The van der Waals surface area contributed by atoms with E-state index in [0.717, 1.165) is 13.3 Å². The van der Waals surface area contributed by atoms with Crippen LogP contribution in [0.1, 0.15) is 11.3 Å². The zero-order chi connectivity index (χ0) is 15.6. The topological polar surface area (TPSA) is 71.9 Å². The second-order valence-electron chi connectivity index (χ2n) is 4.19. The fourth-order valence-corrected chi connectivity index (χ4v) is 1.87. The lowest BCUT2D eigenvalue weighted by Gasteiger charge is -2.13. The molecule has 0 aliphatic heterocycles. The molecule has 0 atom stereocenters. The maximum absolute atomic E-state index is 12.8. The zero-order valence-electron chi connectivity index (χ0n) is 10.9. The quantitative estimate of drug-likeness (QED) is 0.863. The molecule has 2 N–H and O–H groups in total. The summed E-state index contributed by atoms with van der Waals surface area (Å²) in [5.74, 6) is -0.402. The van der Waals surface area contributed by atoms with E-state index in [1.807, 2.05) is 6.07 Å². The second kappa shape index (κ2) is 5.32. The molecule has 0 bridgehead atoms. The first kappa shape index (κ1) is 14.7. The van der Waals surface area contributed by atoms with Crippen LogP contribution >= 0.6 is 0 Å². The molecule has 0 amide bonds. The van der Waals surface area contributed by atoms with Crippen molar-refractivity contribution in [2.75, 3.05) is 12.8 Å². The first-order valence-electron chi connectivity index (χ1n) is 5.78. The lowest BCUT2D eigenvalue weighted by molar-refractivity contribution is -0.142. The number of nitrogens with zero attached hydrogens (tertiary/aromatic N) is 2. The van der Waals surface area contributed by atoms with Gasteiger partial charge in [0.2, 0.25) is 0 Å². The number of halogens is 3. The molecular weight excluding hydrogens is 283 g/mol. The van der Waals surface area contributed by atoms with Gasteiger partial charge in [0.05, 0.1) is 18.7 Å². The van der Waals surface area contributed by atoms with E-state index in [1.54, 1.807) is 12.1 Å². The molecular formula is C14H10F3N3O. The van der Waals surface area contributed by atoms with E-state index in [4.69, 9.17) is 15.7 Å². The van der Waals surface area contributed by atoms with Crippen molar-refractivity contribution in [2.24, 2.45) is 0 Å². The number of rotatable bonds is 2. The Labute approximate surface area is 118 Å². The molecule has 0 fully saturated rings. The third kappa shape index (κ3) is 2.89. The molecule has 0 unspecified atom stereocenters. The molecule has 108 valence electrons. The summed E-state index contributed by atoms with van der Waals surface area (Å²) in [4.78, 5) is 3.40. The summed E-state index contributed by atoms with van der Waals surface area (Å²) in [6, 6.07) is 7.70. The second-order valence-corrected chi connectivity index (χ2v) is 4.19. The fraction of sp³-hybridized carbons (Fsp3) is 0.143. The Kier molecular flexibility index (Phi) is 3.72. The van der Waals surface area contributed by atoms with E-state index in [0.29, 0.717) is 16.8 Å². The third-order valence-electron chi connectivity index (χ3n) is 2.82. The van der Waals surface area contributed by atoms with Crippen LogP contribution in [0.5, 0.6) is 5.75 Å². The van der Waals surface area contributed by atoms with Crippen LogP contribution < -0.4 is 10.5 Å². The van der Waals surface area contributed by atoms with Crippen LogP contribution in [0, 0.1) is 11.3 Å². The summed E-state index contributed by atoms with van der Waals surface area (Å²) in [5, 5.41) is 9.08. The first-order chi connectivity index (χ1) is 9.86. The van der Waals surface area contributed by atoms with Crippen LogP contribution in [0.4, 0.5) is 18.9 Å². The molecule has 4 nitrogen and oxygen atoms in total. The number of benzene rings is 1. The molecule has 0 radical (unpaired) electrons. The average Bonchev–Trinajstić information content (AvgIpc) is 2.45. The molecule has 7 heteroatoms. The number of methoxy groups -OCH3 is 1. The molecule has 2 aromatic rings. The highest BCUT2D eigenvalue weighted by atomic mass is 19.4. The van der Waals surface area contributed by atoms with Gasteiger partial charge in [-0.1, -0.05) is 6.07 Å². The van der Waals surface area contributed by atoms with Gasteiger partial charge in [-0.2, -0.15) is 18.4 Å². The van der Waals surface area contributed by atoms with Gasteiger partial charge in [0, 0.05) is 23.0 Å². The first-order valence-corrected chi connectivity index (χ1v) is 5.78. The molecule has 0 saturated heterocycles. The third-order valence-corrected chi connectivity index (χ3v) is 2.82. The smallest absolute Gasteiger partial charge is 0.437 e. The van der Waals surface area contributed by atoms with Crippen molar-refractivity contribution in [2.45, 2.75) is 6.18 Å². The lowest BCUT2D eigenvalue weighted by atomic mass is 10.0. The molecule has 0 spiro atoms. The Morgan fingerprint density at radius 1 is 1.29 bits per heavy atom. The summed E-state index contributed by atoms with van der Waals surface area (Å²) < 4.78 is 43.0. The van der Waals surface area contributed by atoms with Crippen LogP contribution in [-0.2, 0) is 6.18 Å². The highest BCUT2D eigenvalue weighted by Gasteiger charge is 2.36. The molecule has 21 heavy (non-hydrogen) atoms. The number of aromatic nitrogens is 1. The summed E-state index contributed by atoms with van der Waals surface area (Å²) in [5.41, 5.74) is 5.89. The summed E-state index contributed by atoms with van der Waals surface area (Å²) >= 11 is 0. The molecule has 0 aliphatic carbocycles. The molecule has 0 aliphatic rings. The van der Waals surface area contributed by atoms with Crippen molar-refractivity contribution >= 4 is 5.69 Å². The van der Waals surface area contributed by atoms with E-state index in [2.05, 4.69) is 4.98 Å². The summed E-state index contributed by atoms with van der Waals surface area (Å²) in [6.07, 6.45) is -3.55. The number of alkyl halides is 3. The summed E-state index contributed by atoms with van der Waals surface area (Å²) in [7, 11) is 1.13. The van der Waals surface area contributed by atoms with Crippen molar-refractivity contribution in [3.05, 3.63) is 41.7 Å². The Hall–Kier alpha value is -2.75. The van der Waals surface area contributed by atoms with Crippen LogP contribution in [0.15, 0.2) is 30.5 Å². The number of anilines is 1. The maximum atomic E-state index is 12.8. The van der Waals surface area contributed by atoms with E-state index in [9.17, 15) is 13.2 Å². The Morgan fingerprint density at radius 3 is 2.57 bits per heavy atom. The van der Waals surface area contributed by atoms with Gasteiger partial charge in [0.25, 0.3) is 0 Å². The van der Waals surface area contributed by atoms with Gasteiger partial charge in [-0.15, -0.1) is 0 Å². The predicted molar refractivity (Wildman–Crippen MR) is 70.4 cm³/mol. The fourth-order valence-electron chi connectivity index (χ4n) is 1.87. The molecule has 1 aromatic heterocycles. The average molecular weight is 293 g/mol. The number of nitrogen functional groups attached to an aromatic ring is 1. The minimum Gasteiger partial charge on any atom is -0.494 e. The van der Waals surface area contributed by atoms with Gasteiger partial charge in [0.1, 0.15) is 5.75 Å². The van der Waals surface area contributed by atoms with Crippen LogP contribution in [0.2, 0.25) is 0 Å². The lowest BCUT2D eigenvalue weighted by Crippen LogP contribution is -2.10. The van der Waals surface area contributed by atoms with Gasteiger partial charge >= 0.3 is 6.18 Å². The van der Waals surface area contributed by atoms with E-state index in [1.165, 1.54) is 12.1 Å².